The van der Waals surface area contributed by atoms with E-state index in [9.17, 15) is 5.26 Å². The lowest BCUT2D eigenvalue weighted by Crippen LogP contribution is -1.88. The average molecular weight is 268 g/mol. The maximum atomic E-state index is 9.21. The zero-order valence-electron chi connectivity index (χ0n) is 9.33. The van der Waals surface area contributed by atoms with Gasteiger partial charge in [0, 0.05) is 5.39 Å². The number of pyridine rings is 1. The van der Waals surface area contributed by atoms with Crippen molar-refractivity contribution in [1.29, 1.82) is 5.26 Å². The fourth-order valence-electron chi connectivity index (χ4n) is 1.67. The van der Waals surface area contributed by atoms with Crippen LogP contribution in [-0.4, -0.2) is 4.98 Å². The van der Waals surface area contributed by atoms with Gasteiger partial charge in [0.1, 0.15) is 11.1 Å². The third-order valence-corrected chi connectivity index (χ3v) is 4.54. The van der Waals surface area contributed by atoms with Gasteiger partial charge in [0.05, 0.1) is 15.3 Å². The van der Waals surface area contributed by atoms with E-state index >= 15 is 0 Å². The van der Waals surface area contributed by atoms with Gasteiger partial charge in [0.15, 0.2) is 0 Å². The van der Waals surface area contributed by atoms with Gasteiger partial charge in [-0.3, -0.25) is 0 Å². The maximum Gasteiger partial charge on any atom is 0.120 e. The Morgan fingerprint density at radius 2 is 2.06 bits per heavy atom. The molecule has 0 aliphatic rings. The molecule has 0 aliphatic carbocycles. The average Bonchev–Trinajstić information content (AvgIpc) is 2.91. The van der Waals surface area contributed by atoms with Crippen LogP contribution < -0.4 is 0 Å². The monoisotopic (exact) mass is 268 g/mol. The number of thiophene rings is 1. The van der Waals surface area contributed by atoms with Gasteiger partial charge in [-0.15, -0.1) is 11.3 Å². The molecule has 86 valence electrons. The topological polar surface area (TPSA) is 36.7 Å². The SMILES string of the molecule is N#Cc1cc2ccccc2nc1Sc1cccs1. The molecule has 3 aromatic rings. The van der Waals surface area contributed by atoms with Crippen molar-refractivity contribution in [3.8, 4) is 6.07 Å². The van der Waals surface area contributed by atoms with Gasteiger partial charge in [-0.2, -0.15) is 5.26 Å². The third-order valence-electron chi connectivity index (χ3n) is 2.50. The summed E-state index contributed by atoms with van der Waals surface area (Å²) < 4.78 is 1.15. The van der Waals surface area contributed by atoms with Crippen LogP contribution in [0.5, 0.6) is 0 Å². The Morgan fingerprint density at radius 1 is 1.17 bits per heavy atom. The Kier molecular flexibility index (Phi) is 3.01. The molecule has 2 aromatic heterocycles. The zero-order chi connectivity index (χ0) is 12.4. The van der Waals surface area contributed by atoms with Crippen molar-refractivity contribution in [3.05, 3.63) is 53.4 Å². The molecule has 0 saturated heterocycles. The molecule has 0 radical (unpaired) electrons. The van der Waals surface area contributed by atoms with Gasteiger partial charge in [0.2, 0.25) is 0 Å². The Bertz CT molecular complexity index is 727. The van der Waals surface area contributed by atoms with Crippen molar-refractivity contribution in [2.75, 3.05) is 0 Å². The van der Waals surface area contributed by atoms with Crippen molar-refractivity contribution in [2.45, 2.75) is 9.24 Å². The number of rotatable bonds is 2. The molecule has 18 heavy (non-hydrogen) atoms. The van der Waals surface area contributed by atoms with Crippen molar-refractivity contribution < 1.29 is 0 Å². The molecule has 3 rings (SSSR count). The summed E-state index contributed by atoms with van der Waals surface area (Å²) in [7, 11) is 0. The number of fused-ring (bicyclic) bond motifs is 1. The minimum atomic E-state index is 0.632. The highest BCUT2D eigenvalue weighted by Crippen LogP contribution is 2.33. The molecule has 2 heterocycles. The molecule has 0 atom stereocenters. The summed E-state index contributed by atoms with van der Waals surface area (Å²) in [6.07, 6.45) is 0. The predicted molar refractivity (Wildman–Crippen MR) is 74.9 cm³/mol. The molecule has 2 nitrogen and oxygen atoms in total. The first-order valence-electron chi connectivity index (χ1n) is 5.38. The Labute approximate surface area is 113 Å². The van der Waals surface area contributed by atoms with E-state index < -0.39 is 0 Å². The van der Waals surface area contributed by atoms with Crippen molar-refractivity contribution >= 4 is 34.0 Å². The third kappa shape index (κ3) is 2.10. The van der Waals surface area contributed by atoms with E-state index in [1.165, 1.54) is 0 Å². The largest absolute Gasteiger partial charge is 0.240 e. The van der Waals surface area contributed by atoms with Crippen LogP contribution in [0.15, 0.2) is 57.1 Å². The summed E-state index contributed by atoms with van der Waals surface area (Å²) in [6.45, 7) is 0. The van der Waals surface area contributed by atoms with E-state index in [4.69, 9.17) is 0 Å². The van der Waals surface area contributed by atoms with Crippen LogP contribution in [0.3, 0.4) is 0 Å². The number of hydrogen-bond acceptors (Lipinski definition) is 4. The van der Waals surface area contributed by atoms with Crippen LogP contribution in [0.2, 0.25) is 0 Å². The van der Waals surface area contributed by atoms with Gasteiger partial charge in [0.25, 0.3) is 0 Å². The fourth-order valence-corrected chi connectivity index (χ4v) is 3.41. The molecule has 0 aliphatic heterocycles. The van der Waals surface area contributed by atoms with Crippen molar-refractivity contribution in [2.24, 2.45) is 0 Å². The van der Waals surface area contributed by atoms with Crippen LogP contribution in [0.25, 0.3) is 10.9 Å². The summed E-state index contributed by atoms with van der Waals surface area (Å²) in [6, 6.07) is 16.0. The molecule has 0 bridgehead atoms. The molecule has 0 amide bonds. The second-order valence-electron chi connectivity index (χ2n) is 3.68. The van der Waals surface area contributed by atoms with E-state index in [1.807, 2.05) is 47.8 Å². The first-order valence-corrected chi connectivity index (χ1v) is 7.08. The first-order chi connectivity index (χ1) is 8.86. The number of hydrogen-bond donors (Lipinski definition) is 0. The summed E-state index contributed by atoms with van der Waals surface area (Å²) in [5, 5.41) is 13.0. The lowest BCUT2D eigenvalue weighted by molar-refractivity contribution is 1.16. The number of nitriles is 1. The molecular weight excluding hydrogens is 260 g/mol. The highest BCUT2D eigenvalue weighted by Gasteiger charge is 2.08. The Balaban J connectivity index is 2.12. The lowest BCUT2D eigenvalue weighted by Gasteiger charge is -2.03. The van der Waals surface area contributed by atoms with E-state index in [-0.39, 0.29) is 0 Å². The van der Waals surface area contributed by atoms with Gasteiger partial charge >= 0.3 is 0 Å². The normalized spacial score (nSPS) is 10.4. The number of aromatic nitrogens is 1. The molecule has 0 spiro atoms. The van der Waals surface area contributed by atoms with E-state index in [0.717, 1.165) is 20.1 Å². The van der Waals surface area contributed by atoms with Crippen LogP contribution in [0.4, 0.5) is 0 Å². The predicted octanol–water partition coefficient (Wildman–Crippen LogP) is 4.32. The molecule has 4 heteroatoms. The van der Waals surface area contributed by atoms with Crippen molar-refractivity contribution in [1.82, 2.24) is 4.98 Å². The second kappa shape index (κ2) is 4.81. The first kappa shape index (κ1) is 11.3. The highest BCUT2D eigenvalue weighted by molar-refractivity contribution is 8.01. The molecule has 0 fully saturated rings. The van der Waals surface area contributed by atoms with Gasteiger partial charge in [-0.25, -0.2) is 4.98 Å². The maximum absolute atomic E-state index is 9.21. The van der Waals surface area contributed by atoms with Gasteiger partial charge < -0.3 is 0 Å². The number of para-hydroxylation sites is 1. The quantitative estimate of drug-likeness (QED) is 0.694. The van der Waals surface area contributed by atoms with Crippen LogP contribution in [0, 0.1) is 11.3 Å². The molecule has 0 saturated carbocycles. The molecule has 0 unspecified atom stereocenters. The van der Waals surface area contributed by atoms with Crippen LogP contribution in [0.1, 0.15) is 5.56 Å². The zero-order valence-corrected chi connectivity index (χ0v) is 11.0. The number of benzene rings is 1. The smallest absolute Gasteiger partial charge is 0.120 e. The summed E-state index contributed by atoms with van der Waals surface area (Å²) in [4.78, 5) is 4.57. The van der Waals surface area contributed by atoms with E-state index in [2.05, 4.69) is 11.1 Å². The van der Waals surface area contributed by atoms with Crippen molar-refractivity contribution in [3.63, 3.8) is 0 Å². The van der Waals surface area contributed by atoms with E-state index in [1.54, 1.807) is 23.1 Å². The summed E-state index contributed by atoms with van der Waals surface area (Å²) >= 11 is 3.20. The molecule has 0 N–H and O–H groups in total. The Morgan fingerprint density at radius 3 is 2.83 bits per heavy atom. The molecular formula is C14H8N2S2. The van der Waals surface area contributed by atoms with E-state index in [0.29, 0.717) is 5.56 Å². The van der Waals surface area contributed by atoms with Gasteiger partial charge in [-0.1, -0.05) is 36.0 Å². The summed E-state index contributed by atoms with van der Waals surface area (Å²) in [5.41, 5.74) is 1.56. The minimum Gasteiger partial charge on any atom is -0.240 e. The second-order valence-corrected chi connectivity index (χ2v) is 5.92. The standard InChI is InChI=1S/C14H8N2S2/c15-9-11-8-10-4-1-2-5-12(10)16-14(11)18-13-6-3-7-17-13/h1-8H. The van der Waals surface area contributed by atoms with Crippen LogP contribution in [-0.2, 0) is 0 Å². The fraction of sp³-hybridized carbons (Fsp3) is 0. The molecule has 1 aromatic carbocycles. The van der Waals surface area contributed by atoms with Crippen LogP contribution >= 0.6 is 23.1 Å². The summed E-state index contributed by atoms with van der Waals surface area (Å²) in [5.74, 6) is 0. The minimum absolute atomic E-state index is 0.632. The Hall–Kier alpha value is -1.83. The lowest BCUT2D eigenvalue weighted by atomic mass is 10.2. The highest BCUT2D eigenvalue weighted by atomic mass is 32.2. The number of nitrogens with zero attached hydrogens (tertiary/aromatic N) is 2. The van der Waals surface area contributed by atoms with Gasteiger partial charge in [-0.05, 0) is 23.6 Å².